The fourth-order valence-corrected chi connectivity index (χ4v) is 7.39. The van der Waals surface area contributed by atoms with Crippen LogP contribution in [0.1, 0.15) is 42.4 Å². The van der Waals surface area contributed by atoms with Gasteiger partial charge in [0.25, 0.3) is 5.56 Å². The van der Waals surface area contributed by atoms with Crippen LogP contribution < -0.4 is 15.6 Å². The lowest BCUT2D eigenvalue weighted by Gasteiger charge is -2.36. The van der Waals surface area contributed by atoms with Gasteiger partial charge in [0.1, 0.15) is 5.75 Å². The molecule has 1 heterocycles. The number of methoxy groups -OCH3 is 1. The van der Waals surface area contributed by atoms with Crippen LogP contribution in [0, 0.1) is 0 Å². The van der Waals surface area contributed by atoms with E-state index >= 15 is 0 Å². The molecule has 6 rings (SSSR count). The number of nitrogens with zero attached hydrogens (tertiary/aromatic N) is 2. The SMILES string of the molecule is COc1ccc(NC(=O)CSc2nc3c(c(=O)n2CCc2ccccc2)C2(CCCC2)Cc2ccccc2-3)cc1Cl. The molecule has 0 unspecified atom stereocenters. The molecule has 4 aromatic rings. The molecule has 0 saturated heterocycles. The molecule has 0 bridgehead atoms. The van der Waals surface area contributed by atoms with Crippen molar-refractivity contribution in [2.45, 2.75) is 55.6 Å². The van der Waals surface area contributed by atoms with E-state index in [9.17, 15) is 9.59 Å². The second kappa shape index (κ2) is 11.7. The van der Waals surface area contributed by atoms with Crippen molar-refractivity contribution in [1.29, 1.82) is 0 Å². The van der Waals surface area contributed by atoms with Crippen molar-refractivity contribution in [3.8, 4) is 17.0 Å². The van der Waals surface area contributed by atoms with E-state index in [-0.39, 0.29) is 22.6 Å². The fraction of sp³-hybridized carbons (Fsp3) is 0.303. The Balaban J connectivity index is 1.36. The molecule has 1 spiro atoms. The number of amides is 1. The first-order chi connectivity index (χ1) is 20.0. The predicted octanol–water partition coefficient (Wildman–Crippen LogP) is 6.91. The second-order valence-electron chi connectivity index (χ2n) is 10.8. The fourth-order valence-electron chi connectivity index (χ4n) is 6.31. The van der Waals surface area contributed by atoms with Crippen molar-refractivity contribution in [2.24, 2.45) is 0 Å². The Kier molecular flexibility index (Phi) is 7.91. The van der Waals surface area contributed by atoms with Crippen LogP contribution in [0.4, 0.5) is 5.69 Å². The summed E-state index contributed by atoms with van der Waals surface area (Å²) in [5.41, 5.74) is 5.54. The summed E-state index contributed by atoms with van der Waals surface area (Å²) in [7, 11) is 1.55. The van der Waals surface area contributed by atoms with E-state index in [1.807, 2.05) is 28.8 Å². The number of benzene rings is 3. The number of thioether (sulfide) groups is 1. The third-order valence-electron chi connectivity index (χ3n) is 8.26. The number of ether oxygens (including phenoxy) is 1. The summed E-state index contributed by atoms with van der Waals surface area (Å²) in [6, 6.07) is 23.6. The molecular weight excluding hydrogens is 554 g/mol. The molecular formula is C33H32ClN3O3S. The molecule has 1 amide bonds. The molecule has 1 fully saturated rings. The normalized spacial score (nSPS) is 14.9. The number of hydrogen-bond acceptors (Lipinski definition) is 5. The molecule has 8 heteroatoms. The highest BCUT2D eigenvalue weighted by atomic mass is 35.5. The predicted molar refractivity (Wildman–Crippen MR) is 165 cm³/mol. The first kappa shape index (κ1) is 27.6. The van der Waals surface area contributed by atoms with E-state index in [0.717, 1.165) is 54.5 Å². The lowest BCUT2D eigenvalue weighted by Crippen LogP contribution is -2.40. The maximum Gasteiger partial charge on any atom is 0.258 e. The van der Waals surface area contributed by atoms with Gasteiger partial charge < -0.3 is 10.1 Å². The minimum absolute atomic E-state index is 0.0344. The molecule has 3 aromatic carbocycles. The molecule has 1 aromatic heterocycles. The van der Waals surface area contributed by atoms with Crippen molar-refractivity contribution in [2.75, 3.05) is 18.2 Å². The number of carbonyl (C=O) groups is 1. The minimum Gasteiger partial charge on any atom is -0.495 e. The number of anilines is 1. The number of halogens is 1. The van der Waals surface area contributed by atoms with Crippen LogP contribution >= 0.6 is 23.4 Å². The van der Waals surface area contributed by atoms with Crippen molar-refractivity contribution < 1.29 is 9.53 Å². The Labute approximate surface area is 249 Å². The Morgan fingerprint density at radius 1 is 1.07 bits per heavy atom. The number of aryl methyl sites for hydroxylation is 1. The smallest absolute Gasteiger partial charge is 0.258 e. The van der Waals surface area contributed by atoms with Crippen LogP contribution in [-0.4, -0.2) is 28.3 Å². The number of fused-ring (bicyclic) bond motifs is 4. The Bertz CT molecular complexity index is 1650. The zero-order chi connectivity index (χ0) is 28.4. The Morgan fingerprint density at radius 2 is 1.83 bits per heavy atom. The summed E-state index contributed by atoms with van der Waals surface area (Å²) in [6.45, 7) is 0.499. The largest absolute Gasteiger partial charge is 0.495 e. The average Bonchev–Trinajstić information content (AvgIpc) is 3.44. The van der Waals surface area contributed by atoms with E-state index in [2.05, 4.69) is 35.6 Å². The Hall–Kier alpha value is -3.55. The van der Waals surface area contributed by atoms with E-state index in [1.54, 1.807) is 25.3 Å². The maximum absolute atomic E-state index is 14.4. The zero-order valence-corrected chi connectivity index (χ0v) is 24.6. The summed E-state index contributed by atoms with van der Waals surface area (Å²) in [4.78, 5) is 32.6. The highest BCUT2D eigenvalue weighted by molar-refractivity contribution is 7.99. The van der Waals surface area contributed by atoms with Crippen molar-refractivity contribution in [3.63, 3.8) is 0 Å². The van der Waals surface area contributed by atoms with Gasteiger partial charge in [0.05, 0.1) is 29.1 Å². The van der Waals surface area contributed by atoms with Crippen LogP contribution in [0.2, 0.25) is 5.02 Å². The number of aromatic nitrogens is 2. The molecule has 1 saturated carbocycles. The standard InChI is InChI=1S/C33H32ClN3O3S/c1-40-27-14-13-24(19-26(27)34)35-28(38)21-41-32-36-30-25-12-6-5-11-23(25)20-33(16-7-8-17-33)29(30)31(39)37(32)18-15-22-9-3-2-4-10-22/h2-6,9-14,19H,7-8,15-18,20-21H2,1H3,(H,35,38). The summed E-state index contributed by atoms with van der Waals surface area (Å²) >= 11 is 7.54. The lowest BCUT2D eigenvalue weighted by atomic mass is 9.68. The van der Waals surface area contributed by atoms with Crippen LogP contribution in [0.3, 0.4) is 0 Å². The average molecular weight is 586 g/mol. The number of nitrogens with one attached hydrogen (secondary N) is 1. The highest BCUT2D eigenvalue weighted by Gasteiger charge is 2.44. The molecule has 210 valence electrons. The molecule has 2 aliphatic carbocycles. The highest BCUT2D eigenvalue weighted by Crippen LogP contribution is 2.50. The van der Waals surface area contributed by atoms with Gasteiger partial charge in [-0.15, -0.1) is 0 Å². The van der Waals surface area contributed by atoms with E-state index in [4.69, 9.17) is 21.3 Å². The molecule has 0 atom stereocenters. The van der Waals surface area contributed by atoms with Gasteiger partial charge in [-0.05, 0) is 55.0 Å². The van der Waals surface area contributed by atoms with E-state index < -0.39 is 0 Å². The van der Waals surface area contributed by atoms with Crippen molar-refractivity contribution >= 4 is 35.0 Å². The monoisotopic (exact) mass is 585 g/mol. The third kappa shape index (κ3) is 5.53. The summed E-state index contributed by atoms with van der Waals surface area (Å²) < 4.78 is 7.01. The molecule has 41 heavy (non-hydrogen) atoms. The summed E-state index contributed by atoms with van der Waals surface area (Å²) in [6.07, 6.45) is 5.83. The van der Waals surface area contributed by atoms with Crippen LogP contribution in [0.5, 0.6) is 5.75 Å². The minimum atomic E-state index is -0.203. The third-order valence-corrected chi connectivity index (χ3v) is 9.53. The van der Waals surface area contributed by atoms with Crippen LogP contribution in [0.15, 0.2) is 82.7 Å². The Morgan fingerprint density at radius 3 is 2.59 bits per heavy atom. The number of rotatable bonds is 8. The molecule has 1 N–H and O–H groups in total. The second-order valence-corrected chi connectivity index (χ2v) is 12.2. The molecule has 6 nitrogen and oxygen atoms in total. The van der Waals surface area contributed by atoms with Gasteiger partial charge in [0.2, 0.25) is 5.91 Å². The quantitative estimate of drug-likeness (QED) is 0.180. The lowest BCUT2D eigenvalue weighted by molar-refractivity contribution is -0.113. The van der Waals surface area contributed by atoms with Crippen molar-refractivity contribution in [1.82, 2.24) is 9.55 Å². The van der Waals surface area contributed by atoms with E-state index in [0.29, 0.717) is 34.6 Å². The van der Waals surface area contributed by atoms with Gasteiger partial charge in [-0.3, -0.25) is 14.2 Å². The van der Waals surface area contributed by atoms with Crippen LogP contribution in [0.25, 0.3) is 11.3 Å². The number of hydrogen-bond donors (Lipinski definition) is 1. The van der Waals surface area contributed by atoms with Gasteiger partial charge in [-0.1, -0.05) is 90.8 Å². The summed E-state index contributed by atoms with van der Waals surface area (Å²) in [5.74, 6) is 0.443. The van der Waals surface area contributed by atoms with Crippen LogP contribution in [-0.2, 0) is 29.6 Å². The van der Waals surface area contributed by atoms with Crippen molar-refractivity contribution in [3.05, 3.63) is 105 Å². The van der Waals surface area contributed by atoms with Gasteiger partial charge in [0, 0.05) is 23.2 Å². The first-order valence-electron chi connectivity index (χ1n) is 14.0. The van der Waals surface area contributed by atoms with Gasteiger partial charge in [0.15, 0.2) is 5.16 Å². The van der Waals surface area contributed by atoms with Gasteiger partial charge in [-0.2, -0.15) is 0 Å². The number of carbonyl (C=O) groups excluding carboxylic acids is 1. The van der Waals surface area contributed by atoms with Gasteiger partial charge in [-0.25, -0.2) is 4.98 Å². The molecule has 2 aliphatic rings. The maximum atomic E-state index is 14.4. The summed E-state index contributed by atoms with van der Waals surface area (Å²) in [5, 5.41) is 3.89. The first-order valence-corrected chi connectivity index (χ1v) is 15.4. The topological polar surface area (TPSA) is 73.2 Å². The van der Waals surface area contributed by atoms with Gasteiger partial charge >= 0.3 is 0 Å². The zero-order valence-electron chi connectivity index (χ0n) is 23.0. The molecule has 0 aliphatic heterocycles. The molecule has 0 radical (unpaired) electrons. The van der Waals surface area contributed by atoms with E-state index in [1.165, 1.54) is 17.3 Å².